The van der Waals surface area contributed by atoms with Gasteiger partial charge in [-0.25, -0.2) is 9.78 Å². The summed E-state index contributed by atoms with van der Waals surface area (Å²) in [5.74, 6) is -4.66. The quantitative estimate of drug-likeness (QED) is 0.223. The van der Waals surface area contributed by atoms with Crippen molar-refractivity contribution in [2.45, 2.75) is 12.4 Å². The summed E-state index contributed by atoms with van der Waals surface area (Å²) in [4.78, 5) is 51.6. The van der Waals surface area contributed by atoms with Crippen LogP contribution >= 0.6 is 11.3 Å². The van der Waals surface area contributed by atoms with Gasteiger partial charge in [-0.2, -0.15) is 26.3 Å². The monoisotopic (exact) mass is 682 g/mol. The predicted octanol–water partition coefficient (Wildman–Crippen LogP) is 2.62. The van der Waals surface area contributed by atoms with Crippen molar-refractivity contribution in [1.29, 1.82) is 0 Å². The molecule has 0 unspecified atom stereocenters. The Hall–Kier alpha value is -4.63. The molecule has 1 aliphatic rings. The molecule has 4 heterocycles. The number of carbonyl (C=O) groups is 4. The molecule has 0 aromatic carbocycles. The highest BCUT2D eigenvalue weighted by molar-refractivity contribution is 7.17. The van der Waals surface area contributed by atoms with E-state index in [-0.39, 0.29) is 17.3 Å². The molecule has 1 aliphatic heterocycles. The number of nitrogens with one attached hydrogen (secondary N) is 3. The molecule has 252 valence electrons. The van der Waals surface area contributed by atoms with Gasteiger partial charge in [-0.05, 0) is 12.1 Å². The molecular weight excluding hydrogens is 654 g/mol. The van der Waals surface area contributed by atoms with E-state index >= 15 is 0 Å². The zero-order valence-electron chi connectivity index (χ0n) is 24.1. The van der Waals surface area contributed by atoms with E-state index in [4.69, 9.17) is 20.4 Å². The van der Waals surface area contributed by atoms with Gasteiger partial charge in [-0.3, -0.25) is 19.3 Å². The fourth-order valence-electron chi connectivity index (χ4n) is 4.03. The van der Waals surface area contributed by atoms with Crippen LogP contribution in [-0.2, 0) is 29.8 Å². The number of halogens is 6. The number of anilines is 3. The number of nitrogens with zero attached hydrogens (tertiary/aromatic N) is 4. The summed E-state index contributed by atoms with van der Waals surface area (Å²) in [5.41, 5.74) is 4.92. The fraction of sp³-hybridized carbons (Fsp3) is 0.400. The maximum atomic E-state index is 13.2. The first kappa shape index (κ1) is 35.8. The number of thiazole rings is 1. The number of carbonyl (C=O) groups excluding carboxylic acids is 3. The van der Waals surface area contributed by atoms with Crippen molar-refractivity contribution in [2.75, 3.05) is 55.8 Å². The molecule has 0 spiro atoms. The number of carboxylic acids is 1. The van der Waals surface area contributed by atoms with Crippen molar-refractivity contribution in [3.8, 4) is 0 Å². The average Bonchev–Trinajstić information content (AvgIpc) is 3.64. The minimum absolute atomic E-state index is 0.0983. The Kier molecular flexibility index (Phi) is 11.4. The molecule has 14 nitrogen and oxygen atoms in total. The summed E-state index contributed by atoms with van der Waals surface area (Å²) in [5, 5.41) is 14.6. The van der Waals surface area contributed by atoms with Gasteiger partial charge < -0.3 is 40.7 Å². The van der Waals surface area contributed by atoms with Gasteiger partial charge in [-0.1, -0.05) is 11.3 Å². The maximum Gasteiger partial charge on any atom is 0.490 e. The lowest BCUT2D eigenvalue weighted by atomic mass is 10.3. The molecule has 3 aromatic heterocycles. The van der Waals surface area contributed by atoms with Crippen molar-refractivity contribution in [3.63, 3.8) is 0 Å². The third-order valence-electron chi connectivity index (χ3n) is 6.17. The largest absolute Gasteiger partial charge is 0.490 e. The number of amides is 3. The van der Waals surface area contributed by atoms with Crippen LogP contribution in [-0.4, -0.2) is 93.4 Å². The molecule has 0 atom stereocenters. The standard InChI is InChI=1S/C23H27F3N8O4S.C2HF3O2/c1-32-11-13(9-15(32)19(35)28-3-4-34-5-7-38-8-6-34)29-20(36)16-10-14(12-33(16)2)30-21(37)17-18(23(24,25)26)31-22(27)39-17;3-2(4,5)1(6)7/h9-12H,3-8H2,1-2H3,(H2,27,31)(H,28,35)(H,29,36)(H,30,37);(H,6,7). The highest BCUT2D eigenvalue weighted by Crippen LogP contribution is 2.35. The van der Waals surface area contributed by atoms with Crippen LogP contribution in [0.25, 0.3) is 0 Å². The zero-order chi connectivity index (χ0) is 34.4. The van der Waals surface area contributed by atoms with Gasteiger partial charge in [0.05, 0.1) is 24.6 Å². The van der Waals surface area contributed by atoms with Crippen LogP contribution in [0.3, 0.4) is 0 Å². The topological polar surface area (TPSA) is 186 Å². The van der Waals surface area contributed by atoms with Crippen LogP contribution in [0.2, 0.25) is 0 Å². The van der Waals surface area contributed by atoms with Gasteiger partial charge in [0.15, 0.2) is 10.8 Å². The molecule has 4 rings (SSSR count). The Balaban J connectivity index is 0.000000738. The summed E-state index contributed by atoms with van der Waals surface area (Å²) in [6, 6.07) is 2.84. The van der Waals surface area contributed by atoms with Crippen molar-refractivity contribution in [2.24, 2.45) is 14.1 Å². The van der Waals surface area contributed by atoms with E-state index in [2.05, 4.69) is 25.8 Å². The first-order chi connectivity index (χ1) is 21.4. The molecular formula is C25H28F6N8O6S. The normalized spacial score (nSPS) is 13.8. The summed E-state index contributed by atoms with van der Waals surface area (Å²) in [7, 11) is 3.21. The molecule has 0 aliphatic carbocycles. The van der Waals surface area contributed by atoms with Crippen LogP contribution in [0.1, 0.15) is 36.3 Å². The SMILES string of the molecule is Cn1cc(NC(=O)c2cc(NC(=O)c3sc(N)nc3C(F)(F)F)cn2C)cc1C(=O)NCCN1CCOCC1.O=C(O)C(F)(F)F. The number of hydrogen-bond acceptors (Lipinski definition) is 9. The van der Waals surface area contributed by atoms with Crippen molar-refractivity contribution in [1.82, 2.24) is 24.3 Å². The number of aromatic nitrogens is 3. The molecule has 0 radical (unpaired) electrons. The fourth-order valence-corrected chi connectivity index (χ4v) is 4.77. The van der Waals surface area contributed by atoms with Gasteiger partial charge in [0, 0.05) is 52.7 Å². The third-order valence-corrected chi connectivity index (χ3v) is 7.05. The second kappa shape index (κ2) is 14.6. The number of nitrogen functional groups attached to an aromatic ring is 1. The van der Waals surface area contributed by atoms with E-state index in [0.29, 0.717) is 49.0 Å². The molecule has 1 saturated heterocycles. The van der Waals surface area contributed by atoms with Crippen LogP contribution in [0.4, 0.5) is 42.8 Å². The van der Waals surface area contributed by atoms with E-state index < -0.39 is 45.8 Å². The number of aryl methyl sites for hydroxylation is 2. The molecule has 6 N–H and O–H groups in total. The highest BCUT2D eigenvalue weighted by atomic mass is 32.1. The van der Waals surface area contributed by atoms with Crippen LogP contribution < -0.4 is 21.7 Å². The molecule has 21 heteroatoms. The number of morpholine rings is 1. The molecule has 1 fully saturated rings. The second-order valence-electron chi connectivity index (χ2n) is 9.60. The second-order valence-corrected chi connectivity index (χ2v) is 10.6. The van der Waals surface area contributed by atoms with Gasteiger partial charge in [0.1, 0.15) is 16.3 Å². The number of nitrogens with two attached hydrogens (primary N) is 1. The summed E-state index contributed by atoms with van der Waals surface area (Å²) in [6.45, 7) is 4.13. The van der Waals surface area contributed by atoms with Gasteiger partial charge in [-0.15, -0.1) is 0 Å². The first-order valence-corrected chi connectivity index (χ1v) is 13.9. The molecule has 0 saturated carbocycles. The highest BCUT2D eigenvalue weighted by Gasteiger charge is 2.40. The zero-order valence-corrected chi connectivity index (χ0v) is 24.9. The Morgan fingerprint density at radius 1 is 0.935 bits per heavy atom. The third kappa shape index (κ3) is 9.68. The Morgan fingerprint density at radius 2 is 1.43 bits per heavy atom. The van der Waals surface area contributed by atoms with E-state index in [1.165, 1.54) is 29.9 Å². The average molecular weight is 683 g/mol. The summed E-state index contributed by atoms with van der Waals surface area (Å²) < 4.78 is 79.6. The minimum atomic E-state index is -5.08. The number of aliphatic carboxylic acids is 1. The predicted molar refractivity (Wildman–Crippen MR) is 152 cm³/mol. The van der Waals surface area contributed by atoms with Crippen molar-refractivity contribution >= 4 is 51.5 Å². The lowest BCUT2D eigenvalue weighted by Gasteiger charge is -2.26. The first-order valence-electron chi connectivity index (χ1n) is 13.0. The summed E-state index contributed by atoms with van der Waals surface area (Å²) >= 11 is 0.412. The van der Waals surface area contributed by atoms with Gasteiger partial charge in [0.2, 0.25) is 0 Å². The minimum Gasteiger partial charge on any atom is -0.475 e. The van der Waals surface area contributed by atoms with Crippen molar-refractivity contribution in [3.05, 3.63) is 46.5 Å². The molecule has 3 amide bonds. The van der Waals surface area contributed by atoms with E-state index in [0.717, 1.165) is 13.1 Å². The Labute approximate surface area is 260 Å². The Morgan fingerprint density at radius 3 is 1.93 bits per heavy atom. The van der Waals surface area contributed by atoms with Crippen LogP contribution in [0, 0.1) is 0 Å². The number of rotatable bonds is 8. The van der Waals surface area contributed by atoms with Crippen LogP contribution in [0.15, 0.2) is 24.5 Å². The number of alkyl halides is 6. The lowest BCUT2D eigenvalue weighted by Crippen LogP contribution is -2.41. The van der Waals surface area contributed by atoms with E-state index in [9.17, 15) is 40.7 Å². The van der Waals surface area contributed by atoms with Gasteiger partial charge in [0.25, 0.3) is 17.7 Å². The Bertz CT molecular complexity index is 1580. The number of carboxylic acid groups (broad SMARTS) is 1. The van der Waals surface area contributed by atoms with Crippen molar-refractivity contribution < 1.29 is 55.4 Å². The maximum absolute atomic E-state index is 13.2. The smallest absolute Gasteiger partial charge is 0.475 e. The number of hydrogen-bond donors (Lipinski definition) is 5. The van der Waals surface area contributed by atoms with Crippen LogP contribution in [0.5, 0.6) is 0 Å². The molecule has 0 bridgehead atoms. The van der Waals surface area contributed by atoms with E-state index in [1.807, 2.05) is 0 Å². The van der Waals surface area contributed by atoms with E-state index in [1.54, 1.807) is 17.8 Å². The summed E-state index contributed by atoms with van der Waals surface area (Å²) in [6.07, 6.45) is -6.98. The van der Waals surface area contributed by atoms with Gasteiger partial charge >= 0.3 is 18.3 Å². The molecule has 46 heavy (non-hydrogen) atoms. The lowest BCUT2D eigenvalue weighted by molar-refractivity contribution is -0.192. The number of ether oxygens (including phenoxy) is 1. The molecule has 3 aromatic rings.